The van der Waals surface area contributed by atoms with E-state index in [2.05, 4.69) is 23.7 Å². The molecule has 9 heteroatoms. The highest BCUT2D eigenvalue weighted by Crippen LogP contribution is 2.17. The molecule has 9 nitrogen and oxygen atoms in total. The van der Waals surface area contributed by atoms with Crippen molar-refractivity contribution in [3.05, 3.63) is 24.0 Å². The van der Waals surface area contributed by atoms with E-state index in [0.717, 1.165) is 18.8 Å². The lowest BCUT2D eigenvalue weighted by molar-refractivity contribution is -0.159. The summed E-state index contributed by atoms with van der Waals surface area (Å²) in [7, 11) is 3.31. The zero-order valence-corrected chi connectivity index (χ0v) is 14.2. The minimum Gasteiger partial charge on any atom is -0.473 e. The maximum atomic E-state index is 11.6. The lowest BCUT2D eigenvalue weighted by atomic mass is 10.3. The van der Waals surface area contributed by atoms with Crippen LogP contribution in [0.1, 0.15) is 19.5 Å². The van der Waals surface area contributed by atoms with Crippen molar-refractivity contribution in [1.29, 1.82) is 0 Å². The summed E-state index contributed by atoms with van der Waals surface area (Å²) in [5.74, 6) is -3.12. The summed E-state index contributed by atoms with van der Waals surface area (Å²) in [5.41, 5.74) is 0.788. The van der Waals surface area contributed by atoms with Gasteiger partial charge in [-0.15, -0.1) is 0 Å². The molecule has 2 N–H and O–H groups in total. The van der Waals surface area contributed by atoms with E-state index in [1.165, 1.54) is 4.90 Å². The van der Waals surface area contributed by atoms with Gasteiger partial charge >= 0.3 is 18.0 Å². The molecular formula is C15H23N3O6. The van der Waals surface area contributed by atoms with Crippen LogP contribution in [0.3, 0.4) is 0 Å². The van der Waals surface area contributed by atoms with Gasteiger partial charge in [-0.1, -0.05) is 13.8 Å². The number of aromatic nitrogens is 1. The number of ether oxygens (including phenoxy) is 1. The van der Waals surface area contributed by atoms with Crippen molar-refractivity contribution in [2.75, 3.05) is 27.2 Å². The molecule has 0 aliphatic carbocycles. The normalized spacial score (nSPS) is 9.71. The Hall–Kier alpha value is -2.68. The van der Waals surface area contributed by atoms with E-state index in [9.17, 15) is 4.79 Å². The van der Waals surface area contributed by atoms with Crippen molar-refractivity contribution in [2.24, 2.45) is 0 Å². The molecule has 0 spiro atoms. The highest BCUT2D eigenvalue weighted by Gasteiger charge is 2.13. The van der Waals surface area contributed by atoms with Crippen LogP contribution in [0.25, 0.3) is 0 Å². The Labute approximate surface area is 140 Å². The SMILES string of the molecule is CCN(CC)Cc1ncccc1OC(=O)N(C)C.O=C(O)C(=O)O. The minimum absolute atomic E-state index is 0.385. The van der Waals surface area contributed by atoms with E-state index in [0.29, 0.717) is 12.3 Å². The molecule has 1 aromatic heterocycles. The van der Waals surface area contributed by atoms with Gasteiger partial charge in [0.15, 0.2) is 5.75 Å². The highest BCUT2D eigenvalue weighted by molar-refractivity contribution is 6.27. The fourth-order valence-corrected chi connectivity index (χ4v) is 1.48. The highest BCUT2D eigenvalue weighted by atomic mass is 16.6. The van der Waals surface area contributed by atoms with Crippen LogP contribution in [0.15, 0.2) is 18.3 Å². The summed E-state index contributed by atoms with van der Waals surface area (Å²) in [6, 6.07) is 3.54. The molecule has 1 amide bonds. The molecule has 0 atom stereocenters. The zero-order chi connectivity index (χ0) is 18.7. The predicted molar refractivity (Wildman–Crippen MR) is 85.8 cm³/mol. The average molecular weight is 341 g/mol. The van der Waals surface area contributed by atoms with E-state index in [-0.39, 0.29) is 6.09 Å². The molecule has 0 bridgehead atoms. The van der Waals surface area contributed by atoms with Gasteiger partial charge in [-0.3, -0.25) is 9.88 Å². The Morgan fingerprint density at radius 1 is 1.12 bits per heavy atom. The van der Waals surface area contributed by atoms with Crippen molar-refractivity contribution >= 4 is 18.0 Å². The second-order valence-electron chi connectivity index (χ2n) is 4.78. The number of pyridine rings is 1. The number of carboxylic acid groups (broad SMARTS) is 2. The summed E-state index contributed by atoms with van der Waals surface area (Å²) < 4.78 is 5.29. The van der Waals surface area contributed by atoms with Gasteiger partial charge in [-0.2, -0.15) is 0 Å². The fraction of sp³-hybridized carbons (Fsp3) is 0.467. The summed E-state index contributed by atoms with van der Waals surface area (Å²) in [4.78, 5) is 37.7. The van der Waals surface area contributed by atoms with Crippen LogP contribution in [-0.2, 0) is 16.1 Å². The molecule has 0 saturated carbocycles. The number of rotatable bonds is 5. The van der Waals surface area contributed by atoms with Crippen LogP contribution >= 0.6 is 0 Å². The lowest BCUT2D eigenvalue weighted by Gasteiger charge is -2.19. The minimum atomic E-state index is -1.82. The van der Waals surface area contributed by atoms with Gasteiger partial charge in [-0.05, 0) is 25.2 Å². The first kappa shape index (κ1) is 21.3. The molecule has 1 aromatic rings. The summed E-state index contributed by atoms with van der Waals surface area (Å²) >= 11 is 0. The smallest absolute Gasteiger partial charge is 0.414 e. The Morgan fingerprint density at radius 2 is 1.67 bits per heavy atom. The maximum Gasteiger partial charge on any atom is 0.414 e. The van der Waals surface area contributed by atoms with E-state index in [1.807, 2.05) is 0 Å². The predicted octanol–water partition coefficient (Wildman–Crippen LogP) is 1.14. The maximum absolute atomic E-state index is 11.6. The van der Waals surface area contributed by atoms with Crippen LogP contribution in [0.2, 0.25) is 0 Å². The molecule has 0 radical (unpaired) electrons. The summed E-state index contributed by atoms with van der Waals surface area (Å²) in [6.45, 7) is 6.75. The van der Waals surface area contributed by atoms with E-state index >= 15 is 0 Å². The fourth-order valence-electron chi connectivity index (χ4n) is 1.48. The first-order valence-electron chi connectivity index (χ1n) is 7.24. The van der Waals surface area contributed by atoms with Crippen LogP contribution in [0.5, 0.6) is 5.75 Å². The summed E-state index contributed by atoms with van der Waals surface area (Å²) in [6.07, 6.45) is 1.33. The van der Waals surface area contributed by atoms with E-state index < -0.39 is 11.9 Å². The zero-order valence-electron chi connectivity index (χ0n) is 14.2. The topological polar surface area (TPSA) is 120 Å². The molecule has 0 fully saturated rings. The van der Waals surface area contributed by atoms with Crippen LogP contribution in [0, 0.1) is 0 Å². The molecule has 1 rings (SSSR count). The number of hydrogen-bond acceptors (Lipinski definition) is 6. The van der Waals surface area contributed by atoms with Gasteiger partial charge in [0, 0.05) is 26.8 Å². The van der Waals surface area contributed by atoms with Gasteiger partial charge in [0.1, 0.15) is 0 Å². The first-order valence-corrected chi connectivity index (χ1v) is 7.24. The number of carboxylic acids is 2. The molecule has 24 heavy (non-hydrogen) atoms. The Morgan fingerprint density at radius 3 is 2.08 bits per heavy atom. The van der Waals surface area contributed by atoms with E-state index in [1.54, 1.807) is 32.4 Å². The number of nitrogens with zero attached hydrogens (tertiary/aromatic N) is 3. The van der Waals surface area contributed by atoms with Gasteiger partial charge in [0.25, 0.3) is 0 Å². The van der Waals surface area contributed by atoms with Gasteiger partial charge in [-0.25, -0.2) is 14.4 Å². The third kappa shape index (κ3) is 8.08. The monoisotopic (exact) mass is 341 g/mol. The number of hydrogen-bond donors (Lipinski definition) is 2. The van der Waals surface area contributed by atoms with Gasteiger partial charge in [0.05, 0.1) is 5.69 Å². The third-order valence-electron chi connectivity index (χ3n) is 2.86. The molecule has 0 unspecified atom stereocenters. The number of carbonyl (C=O) groups is 3. The standard InChI is InChI=1S/C13H21N3O2.C2H2O4/c1-5-16(6-2)10-11-12(8-7-9-14-11)18-13(17)15(3)4;3-1(4)2(5)6/h7-9H,5-6,10H2,1-4H3;(H,3,4)(H,5,6). The number of aliphatic carboxylic acids is 2. The van der Waals surface area contributed by atoms with Crippen LogP contribution in [-0.4, -0.2) is 70.2 Å². The molecule has 0 aliphatic heterocycles. The van der Waals surface area contributed by atoms with Crippen LogP contribution < -0.4 is 4.74 Å². The Bertz CT molecular complexity index is 546. The van der Waals surface area contributed by atoms with Crippen molar-refractivity contribution in [3.8, 4) is 5.75 Å². The number of carbonyl (C=O) groups excluding carboxylic acids is 1. The molecule has 0 aromatic carbocycles. The quantitative estimate of drug-likeness (QED) is 0.765. The summed E-state index contributed by atoms with van der Waals surface area (Å²) in [5, 5.41) is 14.8. The molecule has 1 heterocycles. The lowest BCUT2D eigenvalue weighted by Crippen LogP contribution is -2.27. The Kier molecular flexibility index (Phi) is 9.73. The van der Waals surface area contributed by atoms with E-state index in [4.69, 9.17) is 24.5 Å². The third-order valence-corrected chi connectivity index (χ3v) is 2.86. The van der Waals surface area contributed by atoms with Crippen molar-refractivity contribution in [3.63, 3.8) is 0 Å². The van der Waals surface area contributed by atoms with Crippen molar-refractivity contribution < 1.29 is 29.3 Å². The molecule has 0 aliphatic rings. The van der Waals surface area contributed by atoms with Crippen LogP contribution in [0.4, 0.5) is 4.79 Å². The number of amides is 1. The first-order chi connectivity index (χ1) is 11.2. The average Bonchev–Trinajstić information content (AvgIpc) is 2.54. The second kappa shape index (κ2) is 10.9. The van der Waals surface area contributed by atoms with Gasteiger partial charge in [0.2, 0.25) is 0 Å². The van der Waals surface area contributed by atoms with Gasteiger partial charge < -0.3 is 19.8 Å². The molecule has 0 saturated heterocycles. The largest absolute Gasteiger partial charge is 0.473 e. The second-order valence-corrected chi connectivity index (χ2v) is 4.78. The molecule has 134 valence electrons. The van der Waals surface area contributed by atoms with Crippen molar-refractivity contribution in [2.45, 2.75) is 20.4 Å². The Balaban J connectivity index is 0.000000754. The molecular weight excluding hydrogens is 318 g/mol. The van der Waals surface area contributed by atoms with Crippen molar-refractivity contribution in [1.82, 2.24) is 14.8 Å².